The molecule has 1 aliphatic rings. The molecule has 7 heteroatoms. The maximum Gasteiger partial charge on any atom is 0.241 e. The summed E-state index contributed by atoms with van der Waals surface area (Å²) in [6.45, 7) is 1.58. The molecule has 0 radical (unpaired) electrons. The molecule has 1 aromatic rings. The third-order valence-corrected chi connectivity index (χ3v) is 6.12. The fourth-order valence-electron chi connectivity index (χ4n) is 2.20. The minimum absolute atomic E-state index is 0.00354. The van der Waals surface area contributed by atoms with Crippen molar-refractivity contribution in [2.75, 3.05) is 11.5 Å². The van der Waals surface area contributed by atoms with E-state index in [0.29, 0.717) is 5.56 Å². The molecule has 0 spiro atoms. The van der Waals surface area contributed by atoms with E-state index >= 15 is 0 Å². The molecule has 2 rings (SSSR count). The summed E-state index contributed by atoms with van der Waals surface area (Å²) in [5, 5.41) is 0. The Bertz CT molecular complexity index is 584. The second-order valence-corrected chi connectivity index (χ2v) is 7.82. The summed E-state index contributed by atoms with van der Waals surface area (Å²) in [4.78, 5) is -0.00354. The molecule has 3 N–H and O–H groups in total. The van der Waals surface area contributed by atoms with Gasteiger partial charge in [0.2, 0.25) is 10.0 Å². The highest BCUT2D eigenvalue weighted by molar-refractivity contribution is 7.99. The van der Waals surface area contributed by atoms with E-state index in [0.717, 1.165) is 24.3 Å². The number of rotatable bonds is 4. The van der Waals surface area contributed by atoms with Gasteiger partial charge in [-0.15, -0.1) is 0 Å². The van der Waals surface area contributed by atoms with Crippen LogP contribution in [0.15, 0.2) is 17.0 Å². The Hall–Kier alpha value is -0.630. The predicted molar refractivity (Wildman–Crippen MR) is 79.7 cm³/mol. The van der Waals surface area contributed by atoms with Gasteiger partial charge in [-0.1, -0.05) is 0 Å². The summed E-state index contributed by atoms with van der Waals surface area (Å²) in [7, 11) is -3.70. The zero-order chi connectivity index (χ0) is 14.8. The molecule has 4 nitrogen and oxygen atoms in total. The van der Waals surface area contributed by atoms with Gasteiger partial charge in [0.25, 0.3) is 0 Å². The SMILES string of the molecule is Cc1c(F)cc(CN)cc1S(=O)(=O)NC1CCSCC1. The van der Waals surface area contributed by atoms with Crippen molar-refractivity contribution in [1.29, 1.82) is 0 Å². The maximum atomic E-state index is 13.8. The number of halogens is 1. The standard InChI is InChI=1S/C13H19FN2O2S2/c1-9-12(14)6-10(8-15)7-13(9)20(17,18)16-11-2-4-19-5-3-11/h6-7,11,16H,2-5,8,15H2,1H3. The van der Waals surface area contributed by atoms with E-state index in [1.165, 1.54) is 19.1 Å². The van der Waals surface area contributed by atoms with Crippen molar-refractivity contribution in [3.63, 3.8) is 0 Å². The first-order chi connectivity index (χ1) is 9.44. The van der Waals surface area contributed by atoms with Gasteiger partial charge in [-0.3, -0.25) is 0 Å². The normalized spacial score (nSPS) is 17.4. The molecule has 20 heavy (non-hydrogen) atoms. The molecule has 0 unspecified atom stereocenters. The molecule has 1 aromatic carbocycles. The second kappa shape index (κ2) is 6.43. The average molecular weight is 318 g/mol. The quantitative estimate of drug-likeness (QED) is 0.887. The first-order valence-electron chi connectivity index (χ1n) is 6.53. The van der Waals surface area contributed by atoms with Crippen LogP contribution in [0.4, 0.5) is 4.39 Å². The number of benzene rings is 1. The van der Waals surface area contributed by atoms with Crippen LogP contribution in [-0.2, 0) is 16.6 Å². The van der Waals surface area contributed by atoms with Crippen molar-refractivity contribution in [1.82, 2.24) is 4.72 Å². The highest BCUT2D eigenvalue weighted by atomic mass is 32.2. The minimum atomic E-state index is -3.70. The van der Waals surface area contributed by atoms with E-state index in [1.54, 1.807) is 0 Å². The number of nitrogens with one attached hydrogen (secondary N) is 1. The molecule has 0 atom stereocenters. The summed E-state index contributed by atoms with van der Waals surface area (Å²) in [6, 6.07) is 2.68. The Morgan fingerprint density at radius 1 is 1.40 bits per heavy atom. The lowest BCUT2D eigenvalue weighted by Crippen LogP contribution is -2.37. The van der Waals surface area contributed by atoms with E-state index in [2.05, 4.69) is 4.72 Å². The van der Waals surface area contributed by atoms with Crippen LogP contribution in [0.1, 0.15) is 24.0 Å². The van der Waals surface area contributed by atoms with Crippen LogP contribution in [0, 0.1) is 12.7 Å². The Morgan fingerprint density at radius 2 is 2.05 bits per heavy atom. The van der Waals surface area contributed by atoms with Crippen LogP contribution in [0.2, 0.25) is 0 Å². The van der Waals surface area contributed by atoms with E-state index in [4.69, 9.17) is 5.73 Å². The van der Waals surface area contributed by atoms with Crippen LogP contribution in [0.5, 0.6) is 0 Å². The van der Waals surface area contributed by atoms with Crippen LogP contribution in [0.3, 0.4) is 0 Å². The van der Waals surface area contributed by atoms with E-state index in [-0.39, 0.29) is 23.0 Å². The van der Waals surface area contributed by atoms with Gasteiger partial charge in [-0.2, -0.15) is 11.8 Å². The van der Waals surface area contributed by atoms with E-state index in [9.17, 15) is 12.8 Å². The van der Waals surface area contributed by atoms with Gasteiger partial charge in [0.15, 0.2) is 0 Å². The van der Waals surface area contributed by atoms with Crippen LogP contribution >= 0.6 is 11.8 Å². The lowest BCUT2D eigenvalue weighted by atomic mass is 10.1. The highest BCUT2D eigenvalue weighted by Crippen LogP contribution is 2.23. The van der Waals surface area contributed by atoms with Gasteiger partial charge in [0.1, 0.15) is 5.82 Å². The molecular weight excluding hydrogens is 299 g/mol. The molecule has 1 saturated heterocycles. The Balaban J connectivity index is 2.30. The number of hydrogen-bond donors (Lipinski definition) is 2. The van der Waals surface area contributed by atoms with Crippen molar-refractivity contribution >= 4 is 21.8 Å². The maximum absolute atomic E-state index is 13.8. The van der Waals surface area contributed by atoms with E-state index in [1.807, 2.05) is 11.8 Å². The zero-order valence-electron chi connectivity index (χ0n) is 11.4. The number of sulfonamides is 1. The summed E-state index contributed by atoms with van der Waals surface area (Å²) >= 11 is 1.82. The summed E-state index contributed by atoms with van der Waals surface area (Å²) in [5.74, 6) is 1.36. The fourth-order valence-corrected chi connectivity index (χ4v) is 4.92. The van der Waals surface area contributed by atoms with Crippen molar-refractivity contribution < 1.29 is 12.8 Å². The lowest BCUT2D eigenvalue weighted by Gasteiger charge is -2.23. The first kappa shape index (κ1) is 15.8. The van der Waals surface area contributed by atoms with Crippen LogP contribution < -0.4 is 10.5 Å². The molecule has 112 valence electrons. The molecule has 0 amide bonds. The van der Waals surface area contributed by atoms with Crippen LogP contribution in [-0.4, -0.2) is 26.0 Å². The topological polar surface area (TPSA) is 72.2 Å². The van der Waals surface area contributed by atoms with Gasteiger partial charge in [0.05, 0.1) is 4.90 Å². The molecule has 0 saturated carbocycles. The number of thioether (sulfide) groups is 1. The monoisotopic (exact) mass is 318 g/mol. The van der Waals surface area contributed by atoms with Gasteiger partial charge in [0, 0.05) is 18.2 Å². The molecule has 0 aliphatic carbocycles. The highest BCUT2D eigenvalue weighted by Gasteiger charge is 2.24. The predicted octanol–water partition coefficient (Wildman–Crippen LogP) is 1.77. The molecule has 0 aromatic heterocycles. The fraction of sp³-hybridized carbons (Fsp3) is 0.538. The third-order valence-electron chi connectivity index (χ3n) is 3.42. The second-order valence-electron chi connectivity index (χ2n) is 4.91. The molecule has 1 fully saturated rings. The van der Waals surface area contributed by atoms with Crippen molar-refractivity contribution in [2.45, 2.75) is 37.2 Å². The zero-order valence-corrected chi connectivity index (χ0v) is 13.0. The largest absolute Gasteiger partial charge is 0.326 e. The Labute approximate surface area is 123 Å². The Morgan fingerprint density at radius 3 is 2.65 bits per heavy atom. The molecule has 0 bridgehead atoms. The minimum Gasteiger partial charge on any atom is -0.326 e. The lowest BCUT2D eigenvalue weighted by molar-refractivity contribution is 0.526. The molecule has 1 aliphatic heterocycles. The molecular formula is C13H19FN2O2S2. The third kappa shape index (κ3) is 3.52. The Kier molecular flexibility index (Phi) is 5.06. The first-order valence-corrected chi connectivity index (χ1v) is 9.17. The van der Waals surface area contributed by atoms with E-state index < -0.39 is 15.8 Å². The van der Waals surface area contributed by atoms with Gasteiger partial charge >= 0.3 is 0 Å². The van der Waals surface area contributed by atoms with Gasteiger partial charge < -0.3 is 5.73 Å². The summed E-state index contributed by atoms with van der Waals surface area (Å²) < 4.78 is 41.3. The summed E-state index contributed by atoms with van der Waals surface area (Å²) in [6.07, 6.45) is 1.62. The number of nitrogens with two attached hydrogens (primary N) is 1. The van der Waals surface area contributed by atoms with Gasteiger partial charge in [-0.05, 0) is 49.0 Å². The van der Waals surface area contributed by atoms with Crippen LogP contribution in [0.25, 0.3) is 0 Å². The van der Waals surface area contributed by atoms with Crippen molar-refractivity contribution in [3.8, 4) is 0 Å². The van der Waals surface area contributed by atoms with Crippen molar-refractivity contribution in [2.24, 2.45) is 5.73 Å². The average Bonchev–Trinajstić information content (AvgIpc) is 2.42. The van der Waals surface area contributed by atoms with Crippen molar-refractivity contribution in [3.05, 3.63) is 29.1 Å². The number of hydrogen-bond acceptors (Lipinski definition) is 4. The molecule has 1 heterocycles. The summed E-state index contributed by atoms with van der Waals surface area (Å²) in [5.41, 5.74) is 6.10. The smallest absolute Gasteiger partial charge is 0.241 e. The van der Waals surface area contributed by atoms with Gasteiger partial charge in [-0.25, -0.2) is 17.5 Å².